The third-order valence-corrected chi connectivity index (χ3v) is 6.58. The summed E-state index contributed by atoms with van der Waals surface area (Å²) in [6.07, 6.45) is -0.684. The summed E-state index contributed by atoms with van der Waals surface area (Å²) >= 11 is 0. The number of anilines is 1. The van der Waals surface area contributed by atoms with Crippen LogP contribution in [0.1, 0.15) is 26.3 Å². The van der Waals surface area contributed by atoms with E-state index in [1.165, 1.54) is 23.5 Å². The number of amides is 1. The highest BCUT2D eigenvalue weighted by molar-refractivity contribution is 7.89. The van der Waals surface area contributed by atoms with Crippen molar-refractivity contribution in [3.63, 3.8) is 0 Å². The Kier molecular flexibility index (Phi) is 7.78. The number of rotatable bonds is 9. The van der Waals surface area contributed by atoms with Crippen molar-refractivity contribution < 1.29 is 22.7 Å². The number of methoxy groups -OCH3 is 1. The number of hydrogen-bond donors (Lipinski definition) is 1. The molecule has 29 heavy (non-hydrogen) atoms. The number of nitrogens with one attached hydrogen (secondary N) is 1. The summed E-state index contributed by atoms with van der Waals surface area (Å²) in [6.45, 7) is 5.54. The highest BCUT2D eigenvalue weighted by Crippen LogP contribution is 2.19. The first-order valence-corrected chi connectivity index (χ1v) is 10.7. The zero-order chi connectivity index (χ0) is 21.6. The molecule has 0 spiro atoms. The van der Waals surface area contributed by atoms with Crippen molar-refractivity contribution in [3.05, 3.63) is 54.1 Å². The average Bonchev–Trinajstić information content (AvgIpc) is 2.71. The minimum absolute atomic E-state index is 0.151. The van der Waals surface area contributed by atoms with Crippen LogP contribution < -0.4 is 10.1 Å². The van der Waals surface area contributed by atoms with E-state index in [1.807, 2.05) is 24.3 Å². The second kappa shape index (κ2) is 9.87. The van der Waals surface area contributed by atoms with Crippen LogP contribution in [-0.2, 0) is 26.2 Å². The maximum absolute atomic E-state index is 12.5. The van der Waals surface area contributed by atoms with Gasteiger partial charge in [0.05, 0.1) is 18.6 Å². The quantitative estimate of drug-likeness (QED) is 0.673. The molecule has 0 radical (unpaired) electrons. The first-order chi connectivity index (χ1) is 13.6. The molecule has 0 aromatic heterocycles. The van der Waals surface area contributed by atoms with E-state index in [-0.39, 0.29) is 23.5 Å². The lowest BCUT2D eigenvalue weighted by molar-refractivity contribution is -0.127. The number of carbonyl (C=O) groups excluding carboxylic acids is 1. The molecule has 1 unspecified atom stereocenters. The lowest BCUT2D eigenvalue weighted by Gasteiger charge is -2.21. The van der Waals surface area contributed by atoms with Crippen LogP contribution in [0, 0.1) is 0 Å². The molecule has 2 aromatic rings. The molecular formula is C21H28N2O5S. The standard InChI is InChI=1S/C21H28N2O5S/c1-15(2)23(4)29(25,26)20-11-9-18(10-12-20)22-21(24)16(3)28-14-17-7-6-8-19(13-17)27-5/h6-13,15-16H,14H2,1-5H3,(H,22,24). The molecule has 0 saturated carbocycles. The van der Waals surface area contributed by atoms with E-state index in [1.54, 1.807) is 40.0 Å². The Balaban J connectivity index is 1.96. The van der Waals surface area contributed by atoms with Crippen molar-refractivity contribution in [1.82, 2.24) is 4.31 Å². The Hall–Kier alpha value is -2.42. The van der Waals surface area contributed by atoms with Crippen molar-refractivity contribution in [2.24, 2.45) is 0 Å². The van der Waals surface area contributed by atoms with Crippen LogP contribution in [0.5, 0.6) is 5.75 Å². The fraction of sp³-hybridized carbons (Fsp3) is 0.381. The predicted molar refractivity (Wildman–Crippen MR) is 112 cm³/mol. The summed E-state index contributed by atoms with van der Waals surface area (Å²) < 4.78 is 37.1. The van der Waals surface area contributed by atoms with E-state index in [4.69, 9.17) is 9.47 Å². The summed E-state index contributed by atoms with van der Waals surface area (Å²) in [7, 11) is -0.430. The predicted octanol–water partition coefficient (Wildman–Crippen LogP) is 3.27. The van der Waals surface area contributed by atoms with Gasteiger partial charge in [0, 0.05) is 18.8 Å². The molecule has 0 aliphatic heterocycles. The molecule has 0 aliphatic carbocycles. The summed E-state index contributed by atoms with van der Waals surface area (Å²) in [5, 5.41) is 2.73. The van der Waals surface area contributed by atoms with Gasteiger partial charge >= 0.3 is 0 Å². The van der Waals surface area contributed by atoms with E-state index in [9.17, 15) is 13.2 Å². The molecule has 7 nitrogen and oxygen atoms in total. The minimum atomic E-state index is -3.56. The Bertz CT molecular complexity index is 926. The minimum Gasteiger partial charge on any atom is -0.497 e. The number of benzene rings is 2. The topological polar surface area (TPSA) is 84.9 Å². The molecule has 2 aromatic carbocycles. The molecule has 1 amide bonds. The number of nitrogens with zero attached hydrogens (tertiary/aromatic N) is 1. The van der Waals surface area contributed by atoms with E-state index < -0.39 is 16.1 Å². The highest BCUT2D eigenvalue weighted by Gasteiger charge is 2.23. The normalized spacial score (nSPS) is 12.8. The number of sulfonamides is 1. The molecule has 1 atom stereocenters. The fourth-order valence-corrected chi connectivity index (χ4v) is 3.82. The molecule has 0 heterocycles. The SMILES string of the molecule is COc1cccc(COC(C)C(=O)Nc2ccc(S(=O)(=O)N(C)C(C)C)cc2)c1. The molecule has 158 valence electrons. The van der Waals surface area contributed by atoms with Gasteiger partial charge in [0.15, 0.2) is 0 Å². The van der Waals surface area contributed by atoms with E-state index in [2.05, 4.69) is 5.32 Å². The number of hydrogen-bond acceptors (Lipinski definition) is 5. The molecule has 1 N–H and O–H groups in total. The van der Waals surface area contributed by atoms with Crippen LogP contribution in [0.3, 0.4) is 0 Å². The lowest BCUT2D eigenvalue weighted by Crippen LogP contribution is -2.33. The van der Waals surface area contributed by atoms with Crippen LogP contribution in [0.25, 0.3) is 0 Å². The van der Waals surface area contributed by atoms with Gasteiger partial charge in [-0.1, -0.05) is 12.1 Å². The number of ether oxygens (including phenoxy) is 2. The van der Waals surface area contributed by atoms with Gasteiger partial charge in [0.1, 0.15) is 11.9 Å². The zero-order valence-electron chi connectivity index (χ0n) is 17.4. The van der Waals surface area contributed by atoms with Gasteiger partial charge in [-0.25, -0.2) is 8.42 Å². The monoisotopic (exact) mass is 420 g/mol. The van der Waals surface area contributed by atoms with E-state index in [0.29, 0.717) is 5.69 Å². The summed E-state index contributed by atoms with van der Waals surface area (Å²) in [6, 6.07) is 13.4. The lowest BCUT2D eigenvalue weighted by atomic mass is 10.2. The van der Waals surface area contributed by atoms with E-state index >= 15 is 0 Å². The zero-order valence-corrected chi connectivity index (χ0v) is 18.2. The van der Waals surface area contributed by atoms with Gasteiger partial charge in [-0.2, -0.15) is 4.31 Å². The van der Waals surface area contributed by atoms with Crippen molar-refractivity contribution in [3.8, 4) is 5.75 Å². The second-order valence-corrected chi connectivity index (χ2v) is 8.93. The first kappa shape index (κ1) is 22.9. The molecular weight excluding hydrogens is 392 g/mol. The summed E-state index contributed by atoms with van der Waals surface area (Å²) in [5.41, 5.74) is 1.39. The van der Waals surface area contributed by atoms with Gasteiger partial charge in [-0.15, -0.1) is 0 Å². The maximum atomic E-state index is 12.5. The molecule has 8 heteroatoms. The average molecular weight is 421 g/mol. The number of carbonyl (C=O) groups is 1. The molecule has 0 aliphatic rings. The van der Waals surface area contributed by atoms with Crippen LogP contribution in [0.2, 0.25) is 0 Å². The Morgan fingerprint density at radius 1 is 1.10 bits per heavy atom. The van der Waals surface area contributed by atoms with Gasteiger partial charge in [-0.05, 0) is 62.7 Å². The summed E-state index contributed by atoms with van der Waals surface area (Å²) in [5.74, 6) is 0.407. The second-order valence-electron chi connectivity index (χ2n) is 6.93. The third-order valence-electron chi connectivity index (χ3n) is 4.53. The van der Waals surface area contributed by atoms with Crippen LogP contribution in [0.4, 0.5) is 5.69 Å². The third kappa shape index (κ3) is 6.03. The maximum Gasteiger partial charge on any atom is 0.253 e. The van der Waals surface area contributed by atoms with E-state index in [0.717, 1.165) is 11.3 Å². The van der Waals surface area contributed by atoms with Crippen LogP contribution in [0.15, 0.2) is 53.4 Å². The van der Waals surface area contributed by atoms with Crippen molar-refractivity contribution in [2.75, 3.05) is 19.5 Å². The van der Waals surface area contributed by atoms with Gasteiger partial charge in [0.2, 0.25) is 10.0 Å². The van der Waals surface area contributed by atoms with Gasteiger partial charge < -0.3 is 14.8 Å². The first-order valence-electron chi connectivity index (χ1n) is 9.28. The Morgan fingerprint density at radius 2 is 1.76 bits per heavy atom. The largest absolute Gasteiger partial charge is 0.497 e. The Labute approximate surface area is 172 Å². The molecule has 0 bridgehead atoms. The molecule has 0 saturated heterocycles. The van der Waals surface area contributed by atoms with Crippen molar-refractivity contribution in [1.29, 1.82) is 0 Å². The smallest absolute Gasteiger partial charge is 0.253 e. The van der Waals surface area contributed by atoms with Gasteiger partial charge in [-0.3, -0.25) is 4.79 Å². The van der Waals surface area contributed by atoms with Crippen molar-refractivity contribution >= 4 is 21.6 Å². The molecule has 2 rings (SSSR count). The Morgan fingerprint density at radius 3 is 2.34 bits per heavy atom. The highest BCUT2D eigenvalue weighted by atomic mass is 32.2. The van der Waals surface area contributed by atoms with Crippen molar-refractivity contribution in [2.45, 2.75) is 44.4 Å². The molecule has 0 fully saturated rings. The van der Waals surface area contributed by atoms with Gasteiger partial charge in [0.25, 0.3) is 5.91 Å². The summed E-state index contributed by atoms with van der Waals surface area (Å²) in [4.78, 5) is 12.5. The fourth-order valence-electron chi connectivity index (χ4n) is 2.46. The van der Waals surface area contributed by atoms with Crippen LogP contribution in [-0.4, -0.2) is 44.9 Å². The van der Waals surface area contributed by atoms with Crippen LogP contribution >= 0.6 is 0 Å².